The van der Waals surface area contributed by atoms with Gasteiger partial charge in [0.1, 0.15) is 0 Å². The molecular weight excluding hydrogens is 281 g/mol. The van der Waals surface area contributed by atoms with Crippen LogP contribution in [0.15, 0.2) is 12.1 Å². The van der Waals surface area contributed by atoms with Gasteiger partial charge < -0.3 is 10.1 Å². The minimum absolute atomic E-state index is 0.0824. The minimum atomic E-state index is -1.42. The molecule has 1 aliphatic heterocycles. The van der Waals surface area contributed by atoms with Crippen molar-refractivity contribution in [2.24, 2.45) is 0 Å². The molecule has 1 N–H and O–H groups in total. The van der Waals surface area contributed by atoms with Gasteiger partial charge >= 0.3 is 0 Å². The first kappa shape index (κ1) is 16.3. The van der Waals surface area contributed by atoms with Crippen molar-refractivity contribution in [2.75, 3.05) is 32.8 Å². The first-order valence-corrected chi connectivity index (χ1v) is 7.07. The summed E-state index contributed by atoms with van der Waals surface area (Å²) in [5.41, 5.74) is 0.310. The van der Waals surface area contributed by atoms with Crippen LogP contribution in [0.1, 0.15) is 19.4 Å². The predicted octanol–water partition coefficient (Wildman–Crippen LogP) is 2.30. The molecule has 1 fully saturated rings. The third kappa shape index (κ3) is 4.18. The van der Waals surface area contributed by atoms with Crippen molar-refractivity contribution in [3.05, 3.63) is 35.1 Å². The Bertz CT molecular complexity index is 465. The fourth-order valence-corrected chi connectivity index (χ4v) is 2.50. The molecule has 0 spiro atoms. The minimum Gasteiger partial charge on any atom is -0.379 e. The fraction of sp³-hybridized carbons (Fsp3) is 0.600. The quantitative estimate of drug-likeness (QED) is 0.845. The van der Waals surface area contributed by atoms with Gasteiger partial charge in [0.15, 0.2) is 17.5 Å². The van der Waals surface area contributed by atoms with Gasteiger partial charge in [0.05, 0.1) is 13.2 Å². The van der Waals surface area contributed by atoms with Crippen LogP contribution in [0.25, 0.3) is 0 Å². The number of benzene rings is 1. The second kappa shape index (κ2) is 6.77. The summed E-state index contributed by atoms with van der Waals surface area (Å²) in [5.74, 6) is -3.73. The van der Waals surface area contributed by atoms with Crippen LogP contribution in [0.5, 0.6) is 0 Å². The highest BCUT2D eigenvalue weighted by molar-refractivity contribution is 5.19. The van der Waals surface area contributed by atoms with Crippen LogP contribution < -0.4 is 5.32 Å². The molecule has 1 aromatic rings. The van der Waals surface area contributed by atoms with Gasteiger partial charge in [-0.2, -0.15) is 0 Å². The van der Waals surface area contributed by atoms with Gasteiger partial charge in [-0.25, -0.2) is 13.2 Å². The lowest BCUT2D eigenvalue weighted by molar-refractivity contribution is -0.00967. The molecule has 0 saturated carbocycles. The van der Waals surface area contributed by atoms with E-state index in [-0.39, 0.29) is 5.54 Å². The average Bonchev–Trinajstić information content (AvgIpc) is 2.45. The van der Waals surface area contributed by atoms with Gasteiger partial charge in [-0.15, -0.1) is 0 Å². The summed E-state index contributed by atoms with van der Waals surface area (Å²) in [6.45, 7) is 8.35. The Morgan fingerprint density at radius 1 is 1.14 bits per heavy atom. The molecule has 6 heteroatoms. The monoisotopic (exact) mass is 302 g/mol. The number of nitrogens with one attached hydrogen (secondary N) is 1. The summed E-state index contributed by atoms with van der Waals surface area (Å²) in [7, 11) is 0. The molecule has 0 aliphatic carbocycles. The zero-order chi connectivity index (χ0) is 15.5. The Kier molecular flexibility index (Phi) is 5.24. The Labute approximate surface area is 123 Å². The van der Waals surface area contributed by atoms with Gasteiger partial charge in [0.25, 0.3) is 0 Å². The largest absolute Gasteiger partial charge is 0.379 e. The van der Waals surface area contributed by atoms with E-state index in [4.69, 9.17) is 4.74 Å². The van der Waals surface area contributed by atoms with E-state index in [9.17, 15) is 13.2 Å². The molecule has 0 unspecified atom stereocenters. The highest BCUT2D eigenvalue weighted by Gasteiger charge is 2.27. The number of nitrogens with zero attached hydrogens (tertiary/aromatic N) is 1. The summed E-state index contributed by atoms with van der Waals surface area (Å²) >= 11 is 0. The Morgan fingerprint density at radius 2 is 1.71 bits per heavy atom. The Morgan fingerprint density at radius 3 is 2.29 bits per heavy atom. The first-order chi connectivity index (χ1) is 9.90. The van der Waals surface area contributed by atoms with Crippen molar-refractivity contribution in [1.82, 2.24) is 10.2 Å². The third-order valence-electron chi connectivity index (χ3n) is 3.80. The normalized spacial score (nSPS) is 17.2. The van der Waals surface area contributed by atoms with E-state index in [1.165, 1.54) is 0 Å². The van der Waals surface area contributed by atoms with E-state index >= 15 is 0 Å². The second-order valence-electron chi connectivity index (χ2n) is 5.89. The van der Waals surface area contributed by atoms with Crippen molar-refractivity contribution in [1.29, 1.82) is 0 Å². The summed E-state index contributed by atoms with van der Waals surface area (Å²) in [6.07, 6.45) is 0. The summed E-state index contributed by atoms with van der Waals surface area (Å²) < 4.78 is 44.5. The van der Waals surface area contributed by atoms with Crippen LogP contribution in [-0.4, -0.2) is 43.3 Å². The van der Waals surface area contributed by atoms with Crippen molar-refractivity contribution < 1.29 is 17.9 Å². The molecule has 1 aromatic carbocycles. The molecule has 0 radical (unpaired) electrons. The predicted molar refractivity (Wildman–Crippen MR) is 74.5 cm³/mol. The van der Waals surface area contributed by atoms with Crippen LogP contribution in [0.3, 0.4) is 0 Å². The van der Waals surface area contributed by atoms with E-state index < -0.39 is 17.5 Å². The van der Waals surface area contributed by atoms with Crippen molar-refractivity contribution >= 4 is 0 Å². The summed E-state index contributed by atoms with van der Waals surface area (Å²) in [6, 6.07) is 2.04. The number of halogens is 3. The summed E-state index contributed by atoms with van der Waals surface area (Å²) in [5, 5.41) is 3.17. The van der Waals surface area contributed by atoms with Crippen LogP contribution in [0.4, 0.5) is 13.2 Å². The molecule has 118 valence electrons. The average molecular weight is 302 g/mol. The number of rotatable bonds is 5. The molecule has 0 bridgehead atoms. The maximum Gasteiger partial charge on any atom is 0.194 e. The van der Waals surface area contributed by atoms with Gasteiger partial charge in [-0.3, -0.25) is 4.90 Å². The van der Waals surface area contributed by atoms with Crippen molar-refractivity contribution in [3.63, 3.8) is 0 Å². The Balaban J connectivity index is 1.88. The number of ether oxygens (including phenoxy) is 1. The van der Waals surface area contributed by atoms with Gasteiger partial charge in [0, 0.05) is 31.7 Å². The van der Waals surface area contributed by atoms with Crippen LogP contribution in [0, 0.1) is 17.5 Å². The van der Waals surface area contributed by atoms with Gasteiger partial charge in [-0.05, 0) is 31.5 Å². The molecule has 1 saturated heterocycles. The fourth-order valence-electron chi connectivity index (χ4n) is 2.50. The lowest BCUT2D eigenvalue weighted by atomic mass is 10.0. The van der Waals surface area contributed by atoms with Crippen LogP contribution >= 0.6 is 0 Å². The highest BCUT2D eigenvalue weighted by atomic mass is 19.2. The smallest absolute Gasteiger partial charge is 0.194 e. The van der Waals surface area contributed by atoms with Crippen molar-refractivity contribution in [3.8, 4) is 0 Å². The first-order valence-electron chi connectivity index (χ1n) is 7.07. The second-order valence-corrected chi connectivity index (χ2v) is 5.89. The van der Waals surface area contributed by atoms with Gasteiger partial charge in [-0.1, -0.05) is 0 Å². The van der Waals surface area contributed by atoms with E-state index in [2.05, 4.69) is 24.1 Å². The van der Waals surface area contributed by atoms with Crippen LogP contribution in [0.2, 0.25) is 0 Å². The standard InChI is InChI=1S/C15H21F3N2O/c1-15(2,20-3-5-21-6-4-20)10-19-9-11-7-12(16)14(18)13(17)8-11/h7-8,19H,3-6,9-10H2,1-2H3. The topological polar surface area (TPSA) is 24.5 Å². The van der Waals surface area contributed by atoms with E-state index in [1.54, 1.807) is 0 Å². The number of hydrogen-bond acceptors (Lipinski definition) is 3. The maximum atomic E-state index is 13.1. The molecule has 0 amide bonds. The molecule has 2 rings (SSSR count). The summed E-state index contributed by atoms with van der Waals surface area (Å²) in [4.78, 5) is 2.31. The molecule has 21 heavy (non-hydrogen) atoms. The molecule has 0 aromatic heterocycles. The molecular formula is C15H21F3N2O. The lowest BCUT2D eigenvalue weighted by Gasteiger charge is -2.41. The molecule has 1 aliphatic rings. The van der Waals surface area contributed by atoms with Crippen LogP contribution in [-0.2, 0) is 11.3 Å². The van der Waals surface area contributed by atoms with Gasteiger partial charge in [0.2, 0.25) is 0 Å². The number of morpholine rings is 1. The maximum absolute atomic E-state index is 13.1. The van der Waals surface area contributed by atoms with E-state index in [0.29, 0.717) is 18.7 Å². The van der Waals surface area contributed by atoms with Crippen molar-refractivity contribution in [2.45, 2.75) is 25.9 Å². The lowest BCUT2D eigenvalue weighted by Crippen LogP contribution is -2.54. The zero-order valence-electron chi connectivity index (χ0n) is 12.4. The SMILES string of the molecule is CC(C)(CNCc1cc(F)c(F)c(F)c1)N1CCOCC1. The van der Waals surface area contributed by atoms with E-state index in [1.807, 2.05) is 0 Å². The molecule has 1 heterocycles. The molecule has 0 atom stereocenters. The third-order valence-corrected chi connectivity index (χ3v) is 3.80. The highest BCUT2D eigenvalue weighted by Crippen LogP contribution is 2.16. The van der Waals surface area contributed by atoms with E-state index in [0.717, 1.165) is 38.4 Å². The Hall–Kier alpha value is -1.11. The zero-order valence-corrected chi connectivity index (χ0v) is 12.4. The number of hydrogen-bond donors (Lipinski definition) is 1. The molecule has 3 nitrogen and oxygen atoms in total.